The van der Waals surface area contributed by atoms with Crippen molar-refractivity contribution >= 4 is 22.1 Å². The number of benzene rings is 1. The van der Waals surface area contributed by atoms with Crippen LogP contribution in [0.1, 0.15) is 0 Å². The topological polar surface area (TPSA) is 83.1 Å². The number of H-pyrrole nitrogens is 2. The van der Waals surface area contributed by atoms with E-state index in [4.69, 9.17) is 4.98 Å². The van der Waals surface area contributed by atoms with Crippen molar-refractivity contribution in [3.63, 3.8) is 0 Å². The third kappa shape index (κ3) is 2.95. The minimum atomic E-state index is -0.274. The quantitative estimate of drug-likeness (QED) is 0.414. The van der Waals surface area contributed by atoms with Crippen molar-refractivity contribution in [2.45, 2.75) is 0 Å². The van der Waals surface area contributed by atoms with Gasteiger partial charge in [-0.15, -0.1) is 0 Å². The van der Waals surface area contributed by atoms with Crippen LogP contribution >= 0.6 is 0 Å². The third-order valence-electron chi connectivity index (χ3n) is 5.29. The monoisotopic (exact) mass is 406 g/mol. The Morgan fingerprint density at radius 2 is 1.81 bits per heavy atom. The van der Waals surface area contributed by atoms with Crippen molar-refractivity contribution in [3.05, 3.63) is 85.1 Å². The van der Waals surface area contributed by atoms with Crippen LogP contribution in [0.4, 0.5) is 4.39 Å². The zero-order valence-electron chi connectivity index (χ0n) is 16.2. The molecule has 2 N–H and O–H groups in total. The highest BCUT2D eigenvalue weighted by molar-refractivity contribution is 5.99. The Balaban J connectivity index is 1.52. The Hall–Kier alpha value is -4.39. The second kappa shape index (κ2) is 6.84. The molecule has 7 heteroatoms. The molecular weight excluding hydrogens is 391 g/mol. The summed E-state index contributed by atoms with van der Waals surface area (Å²) in [7, 11) is 0. The Morgan fingerprint density at radius 1 is 0.871 bits per heavy atom. The van der Waals surface area contributed by atoms with Crippen LogP contribution in [0, 0.1) is 5.82 Å². The number of nitrogens with one attached hydrogen (secondary N) is 2. The molecule has 0 spiro atoms. The molecule has 31 heavy (non-hydrogen) atoms. The van der Waals surface area contributed by atoms with Gasteiger partial charge in [0, 0.05) is 29.5 Å². The molecule has 0 fully saturated rings. The molecule has 0 unspecified atom stereocenters. The van der Waals surface area contributed by atoms with Crippen LogP contribution in [0.3, 0.4) is 0 Å². The molecule has 6 aromatic rings. The van der Waals surface area contributed by atoms with Crippen molar-refractivity contribution in [3.8, 4) is 33.8 Å². The number of aromatic amines is 2. The molecule has 0 radical (unpaired) electrons. The summed E-state index contributed by atoms with van der Waals surface area (Å²) >= 11 is 0. The highest BCUT2D eigenvalue weighted by atomic mass is 19.1. The van der Waals surface area contributed by atoms with E-state index in [0.717, 1.165) is 44.5 Å². The lowest BCUT2D eigenvalue weighted by molar-refractivity contribution is 0.628. The van der Waals surface area contributed by atoms with Crippen molar-refractivity contribution in [1.29, 1.82) is 0 Å². The van der Waals surface area contributed by atoms with E-state index in [2.05, 4.69) is 25.1 Å². The second-order valence-electron chi connectivity index (χ2n) is 7.22. The predicted octanol–water partition coefficient (Wildman–Crippen LogP) is 5.37. The fourth-order valence-electron chi connectivity index (χ4n) is 3.82. The van der Waals surface area contributed by atoms with Crippen LogP contribution in [-0.4, -0.2) is 30.1 Å². The van der Waals surface area contributed by atoms with Gasteiger partial charge in [0.05, 0.1) is 16.9 Å². The fourth-order valence-corrected chi connectivity index (χ4v) is 3.82. The molecule has 0 saturated carbocycles. The van der Waals surface area contributed by atoms with Crippen LogP contribution in [-0.2, 0) is 0 Å². The largest absolute Gasteiger partial charge is 0.338 e. The van der Waals surface area contributed by atoms with Crippen molar-refractivity contribution in [1.82, 2.24) is 30.1 Å². The summed E-state index contributed by atoms with van der Waals surface area (Å²) in [6.45, 7) is 0. The maximum atomic E-state index is 13.8. The minimum absolute atomic E-state index is 0.274. The highest BCUT2D eigenvalue weighted by Gasteiger charge is 2.16. The maximum Gasteiger partial charge on any atom is 0.138 e. The average Bonchev–Trinajstić information content (AvgIpc) is 3.43. The van der Waals surface area contributed by atoms with Gasteiger partial charge in [-0.3, -0.25) is 10.1 Å². The van der Waals surface area contributed by atoms with E-state index < -0.39 is 0 Å². The number of fused-ring (bicyclic) bond motifs is 2. The number of pyridine rings is 3. The van der Waals surface area contributed by atoms with Gasteiger partial charge in [0.2, 0.25) is 0 Å². The van der Waals surface area contributed by atoms with Crippen LogP contribution in [0.5, 0.6) is 0 Å². The van der Waals surface area contributed by atoms with Gasteiger partial charge in [-0.1, -0.05) is 12.1 Å². The molecule has 0 aliphatic heterocycles. The molecule has 6 nitrogen and oxygen atoms in total. The molecule has 0 amide bonds. The molecule has 0 saturated heterocycles. The van der Waals surface area contributed by atoms with Gasteiger partial charge in [0.25, 0.3) is 0 Å². The summed E-state index contributed by atoms with van der Waals surface area (Å²) < 4.78 is 13.8. The van der Waals surface area contributed by atoms with Crippen LogP contribution in [0.2, 0.25) is 0 Å². The molecule has 5 aromatic heterocycles. The Bertz CT molecular complexity index is 1550. The number of hydrogen-bond donors (Lipinski definition) is 2. The highest BCUT2D eigenvalue weighted by Crippen LogP contribution is 2.33. The lowest BCUT2D eigenvalue weighted by atomic mass is 10.0. The zero-order chi connectivity index (χ0) is 20.8. The number of aromatic nitrogens is 6. The van der Waals surface area contributed by atoms with Crippen molar-refractivity contribution in [2.24, 2.45) is 0 Å². The Labute approximate surface area is 175 Å². The first-order valence-electron chi connectivity index (χ1n) is 9.76. The molecule has 6 rings (SSSR count). The molecule has 0 aliphatic rings. The first kappa shape index (κ1) is 17.5. The summed E-state index contributed by atoms with van der Waals surface area (Å²) in [6.07, 6.45) is 5.23. The maximum absolute atomic E-state index is 13.8. The van der Waals surface area contributed by atoms with E-state index >= 15 is 0 Å². The predicted molar refractivity (Wildman–Crippen MR) is 118 cm³/mol. The molecule has 1 aromatic carbocycles. The number of rotatable bonds is 3. The second-order valence-corrected chi connectivity index (χ2v) is 7.22. The summed E-state index contributed by atoms with van der Waals surface area (Å²) in [6, 6.07) is 18.2. The third-order valence-corrected chi connectivity index (χ3v) is 5.29. The Morgan fingerprint density at radius 3 is 2.68 bits per heavy atom. The summed E-state index contributed by atoms with van der Waals surface area (Å²) in [5.74, 6) is -0.274. The molecule has 148 valence electrons. The van der Waals surface area contributed by atoms with E-state index in [1.54, 1.807) is 24.7 Å². The molecule has 0 aliphatic carbocycles. The van der Waals surface area contributed by atoms with E-state index in [0.29, 0.717) is 11.3 Å². The first-order chi connectivity index (χ1) is 15.3. The zero-order valence-corrected chi connectivity index (χ0v) is 16.2. The average molecular weight is 406 g/mol. The fraction of sp³-hybridized carbons (Fsp3) is 0. The van der Waals surface area contributed by atoms with Gasteiger partial charge < -0.3 is 4.98 Å². The summed E-state index contributed by atoms with van der Waals surface area (Å²) in [5, 5.41) is 8.43. The van der Waals surface area contributed by atoms with E-state index in [-0.39, 0.29) is 5.82 Å². The van der Waals surface area contributed by atoms with Gasteiger partial charge in [-0.05, 0) is 59.7 Å². The number of hydrogen-bond acceptors (Lipinski definition) is 4. The number of halogens is 1. The van der Waals surface area contributed by atoms with Crippen molar-refractivity contribution < 1.29 is 4.39 Å². The van der Waals surface area contributed by atoms with Crippen LogP contribution in [0.25, 0.3) is 55.8 Å². The number of nitrogens with zero attached hydrogens (tertiary/aromatic N) is 4. The van der Waals surface area contributed by atoms with Crippen molar-refractivity contribution in [2.75, 3.05) is 0 Å². The smallest absolute Gasteiger partial charge is 0.138 e. The summed E-state index contributed by atoms with van der Waals surface area (Å²) in [4.78, 5) is 16.8. The molecule has 5 heterocycles. The molecular formula is C24H15FN6. The minimum Gasteiger partial charge on any atom is -0.338 e. The van der Waals surface area contributed by atoms with Gasteiger partial charge in [-0.2, -0.15) is 5.10 Å². The van der Waals surface area contributed by atoms with E-state index in [9.17, 15) is 4.39 Å². The van der Waals surface area contributed by atoms with Gasteiger partial charge >= 0.3 is 0 Å². The Kier molecular flexibility index (Phi) is 3.86. The van der Waals surface area contributed by atoms with Gasteiger partial charge in [0.1, 0.15) is 22.7 Å². The lowest BCUT2D eigenvalue weighted by Crippen LogP contribution is -1.86. The SMILES string of the molecule is Fc1cccc(-c2ccnc3[nH]c(-c4n[nH]c5ccc(-c6cccnc6)nc45)cc23)c1. The normalized spacial score (nSPS) is 11.4. The standard InChI is InChI=1S/C24H15FN6/c25-16-5-1-3-14(11-16)17-8-10-27-24-18(17)12-21(29-24)23-22-20(30-31-23)7-6-19(28-22)15-4-2-9-26-13-15/h1-13H,(H,27,29)(H,30,31). The van der Waals surface area contributed by atoms with E-state index in [1.165, 1.54) is 12.1 Å². The van der Waals surface area contributed by atoms with Crippen LogP contribution < -0.4 is 0 Å². The lowest BCUT2D eigenvalue weighted by Gasteiger charge is -2.02. The van der Waals surface area contributed by atoms with Crippen LogP contribution in [0.15, 0.2) is 79.3 Å². The van der Waals surface area contributed by atoms with Gasteiger partial charge in [0.15, 0.2) is 0 Å². The van der Waals surface area contributed by atoms with E-state index in [1.807, 2.05) is 42.5 Å². The van der Waals surface area contributed by atoms with Gasteiger partial charge in [-0.25, -0.2) is 14.4 Å². The summed E-state index contributed by atoms with van der Waals surface area (Å²) in [5.41, 5.74) is 7.22. The molecule has 0 bridgehead atoms. The molecule has 0 atom stereocenters. The first-order valence-corrected chi connectivity index (χ1v) is 9.76.